The van der Waals surface area contributed by atoms with E-state index in [4.69, 9.17) is 4.74 Å². The molecule has 0 fully saturated rings. The minimum atomic E-state index is -1.05. The van der Waals surface area contributed by atoms with Crippen LogP contribution in [0.15, 0.2) is 18.2 Å². The first-order valence-electron chi connectivity index (χ1n) is 6.84. The zero-order chi connectivity index (χ0) is 15.4. The van der Waals surface area contributed by atoms with Gasteiger partial charge in [0.25, 0.3) is 0 Å². The van der Waals surface area contributed by atoms with E-state index in [1.54, 1.807) is 25.1 Å². The van der Waals surface area contributed by atoms with Gasteiger partial charge in [-0.05, 0) is 25.1 Å². The largest absolute Gasteiger partial charge is 0.494 e. The van der Waals surface area contributed by atoms with Gasteiger partial charge in [-0.3, -0.25) is 4.79 Å². The average molecular weight is 290 g/mol. The first-order valence-corrected chi connectivity index (χ1v) is 6.84. The highest BCUT2D eigenvalue weighted by Crippen LogP contribution is 2.27. The normalized spacial score (nSPS) is 10.6. The zero-order valence-corrected chi connectivity index (χ0v) is 12.0. The maximum absolute atomic E-state index is 11.4. The Hall–Kier alpha value is -2.50. The van der Waals surface area contributed by atoms with Crippen LogP contribution in [-0.4, -0.2) is 28.6 Å². The predicted molar refractivity (Wildman–Crippen MR) is 78.6 cm³/mol. The number of aromatic nitrogens is 1. The number of hydrogen-bond acceptors (Lipinski definition) is 3. The molecule has 3 N–H and O–H groups in total. The van der Waals surface area contributed by atoms with Crippen molar-refractivity contribution < 1.29 is 19.4 Å². The summed E-state index contributed by atoms with van der Waals surface area (Å²) in [5, 5.41) is 12.7. The molecule has 0 unspecified atom stereocenters. The molecule has 0 atom stereocenters. The summed E-state index contributed by atoms with van der Waals surface area (Å²) in [4.78, 5) is 25.6. The second-order valence-electron chi connectivity index (χ2n) is 4.55. The van der Waals surface area contributed by atoms with Crippen molar-refractivity contribution in [3.8, 4) is 5.75 Å². The number of H-pyrrole nitrogens is 1. The molecule has 1 aromatic heterocycles. The van der Waals surface area contributed by atoms with Gasteiger partial charge < -0.3 is 20.1 Å². The van der Waals surface area contributed by atoms with E-state index >= 15 is 0 Å². The van der Waals surface area contributed by atoms with Crippen LogP contribution in [0, 0.1) is 0 Å². The first kappa shape index (κ1) is 14.9. The Bertz CT molecular complexity index is 676. The monoisotopic (exact) mass is 290 g/mol. The lowest BCUT2D eigenvalue weighted by Gasteiger charge is -2.06. The smallest absolute Gasteiger partial charge is 0.352 e. The van der Waals surface area contributed by atoms with E-state index in [-0.39, 0.29) is 18.1 Å². The van der Waals surface area contributed by atoms with Crippen molar-refractivity contribution in [1.82, 2.24) is 10.3 Å². The number of fused-ring (bicyclic) bond motifs is 1. The molecule has 0 aliphatic rings. The number of benzene rings is 1. The summed E-state index contributed by atoms with van der Waals surface area (Å²) in [7, 11) is 0. The quantitative estimate of drug-likeness (QED) is 0.761. The van der Waals surface area contributed by atoms with Gasteiger partial charge >= 0.3 is 5.97 Å². The van der Waals surface area contributed by atoms with E-state index < -0.39 is 5.97 Å². The van der Waals surface area contributed by atoms with E-state index in [2.05, 4.69) is 10.3 Å². The van der Waals surface area contributed by atoms with Crippen LogP contribution < -0.4 is 10.1 Å². The first-order chi connectivity index (χ1) is 10.1. The van der Waals surface area contributed by atoms with Crippen LogP contribution in [0.2, 0.25) is 0 Å². The Morgan fingerprint density at radius 3 is 2.71 bits per heavy atom. The molecule has 0 saturated heterocycles. The summed E-state index contributed by atoms with van der Waals surface area (Å²) in [6.07, 6.45) is 0.356. The highest BCUT2D eigenvalue weighted by molar-refractivity contribution is 5.98. The van der Waals surface area contributed by atoms with Crippen LogP contribution in [-0.2, 0) is 11.3 Å². The molecule has 21 heavy (non-hydrogen) atoms. The van der Waals surface area contributed by atoms with Crippen molar-refractivity contribution in [2.75, 3.05) is 6.61 Å². The lowest BCUT2D eigenvalue weighted by atomic mass is 10.1. The number of aromatic carboxylic acids is 1. The van der Waals surface area contributed by atoms with E-state index in [9.17, 15) is 14.7 Å². The Morgan fingerprint density at radius 1 is 1.33 bits per heavy atom. The molecular weight excluding hydrogens is 272 g/mol. The Morgan fingerprint density at radius 2 is 2.10 bits per heavy atom. The standard InChI is InChI=1S/C15H18N2O4/c1-3-13(18)16-8-11-10-7-9(21-4-2)5-6-12(10)17-14(11)15(19)20/h5-7,17H,3-4,8H2,1-2H3,(H,16,18)(H,19,20). The molecule has 6 heteroatoms. The highest BCUT2D eigenvalue weighted by Gasteiger charge is 2.17. The van der Waals surface area contributed by atoms with E-state index in [0.717, 1.165) is 5.39 Å². The van der Waals surface area contributed by atoms with Gasteiger partial charge in [-0.2, -0.15) is 0 Å². The fraction of sp³-hybridized carbons (Fsp3) is 0.333. The van der Waals surface area contributed by atoms with Gasteiger partial charge in [0.05, 0.1) is 6.61 Å². The number of amides is 1. The molecule has 2 aromatic rings. The van der Waals surface area contributed by atoms with Gasteiger partial charge in [-0.25, -0.2) is 4.79 Å². The summed E-state index contributed by atoms with van der Waals surface area (Å²) in [5.74, 6) is -0.504. The predicted octanol–water partition coefficient (Wildman–Crippen LogP) is 2.29. The highest BCUT2D eigenvalue weighted by atomic mass is 16.5. The molecule has 6 nitrogen and oxygen atoms in total. The molecule has 1 amide bonds. The minimum absolute atomic E-state index is 0.0926. The lowest BCUT2D eigenvalue weighted by molar-refractivity contribution is -0.120. The number of aromatic amines is 1. The number of nitrogens with one attached hydrogen (secondary N) is 2. The average Bonchev–Trinajstić information content (AvgIpc) is 2.83. The van der Waals surface area contributed by atoms with Gasteiger partial charge in [0.1, 0.15) is 11.4 Å². The second-order valence-corrected chi connectivity index (χ2v) is 4.55. The number of ether oxygens (including phenoxy) is 1. The van der Waals surface area contributed by atoms with Gasteiger partial charge in [0.15, 0.2) is 0 Å². The van der Waals surface area contributed by atoms with E-state index in [1.165, 1.54) is 0 Å². The van der Waals surface area contributed by atoms with Crippen molar-refractivity contribution in [2.45, 2.75) is 26.8 Å². The number of carbonyl (C=O) groups is 2. The fourth-order valence-electron chi connectivity index (χ4n) is 2.16. The topological polar surface area (TPSA) is 91.4 Å². The Labute approximate surface area is 122 Å². The summed E-state index contributed by atoms with van der Waals surface area (Å²) in [5.41, 5.74) is 1.35. The number of hydrogen-bond donors (Lipinski definition) is 3. The summed E-state index contributed by atoms with van der Waals surface area (Å²) in [6.45, 7) is 4.33. The molecule has 0 aliphatic carbocycles. The Kier molecular flexibility index (Phi) is 4.47. The molecule has 0 bridgehead atoms. The molecule has 2 rings (SSSR count). The fourth-order valence-corrected chi connectivity index (χ4v) is 2.16. The van der Waals surface area contributed by atoms with Crippen molar-refractivity contribution in [3.63, 3.8) is 0 Å². The molecule has 0 spiro atoms. The summed E-state index contributed by atoms with van der Waals surface area (Å²) >= 11 is 0. The van der Waals surface area contributed by atoms with Crippen molar-refractivity contribution in [1.29, 1.82) is 0 Å². The van der Waals surface area contributed by atoms with Crippen LogP contribution >= 0.6 is 0 Å². The van der Waals surface area contributed by atoms with Gasteiger partial charge in [0, 0.05) is 29.4 Å². The summed E-state index contributed by atoms with van der Waals surface area (Å²) in [6, 6.07) is 5.34. The molecule has 1 aromatic carbocycles. The van der Waals surface area contributed by atoms with Crippen LogP contribution in [0.5, 0.6) is 5.75 Å². The van der Waals surface area contributed by atoms with Crippen LogP contribution in [0.4, 0.5) is 0 Å². The molecule has 0 aliphatic heterocycles. The molecule has 0 saturated carbocycles. The van der Waals surface area contributed by atoms with Crippen LogP contribution in [0.3, 0.4) is 0 Å². The van der Waals surface area contributed by atoms with Crippen LogP contribution in [0.25, 0.3) is 10.9 Å². The second kappa shape index (κ2) is 6.30. The Balaban J connectivity index is 2.45. The van der Waals surface area contributed by atoms with Crippen LogP contribution in [0.1, 0.15) is 36.3 Å². The maximum Gasteiger partial charge on any atom is 0.352 e. The number of carbonyl (C=O) groups excluding carboxylic acids is 1. The molecule has 1 heterocycles. The molecular formula is C15H18N2O4. The SMILES string of the molecule is CCOc1ccc2[nH]c(C(=O)O)c(CNC(=O)CC)c2c1. The maximum atomic E-state index is 11.4. The molecule has 112 valence electrons. The number of carboxylic acid groups (broad SMARTS) is 1. The lowest BCUT2D eigenvalue weighted by Crippen LogP contribution is -2.22. The third kappa shape index (κ3) is 3.16. The molecule has 0 radical (unpaired) electrons. The minimum Gasteiger partial charge on any atom is -0.494 e. The summed E-state index contributed by atoms with van der Waals surface area (Å²) < 4.78 is 5.44. The third-order valence-electron chi connectivity index (χ3n) is 3.19. The zero-order valence-electron chi connectivity index (χ0n) is 12.0. The number of carboxylic acids is 1. The van der Waals surface area contributed by atoms with Gasteiger partial charge in [-0.1, -0.05) is 6.92 Å². The van der Waals surface area contributed by atoms with E-state index in [1.807, 2.05) is 6.92 Å². The van der Waals surface area contributed by atoms with Gasteiger partial charge in [0.2, 0.25) is 5.91 Å². The van der Waals surface area contributed by atoms with Crippen molar-refractivity contribution >= 4 is 22.8 Å². The number of rotatable bonds is 6. The van der Waals surface area contributed by atoms with Crippen molar-refractivity contribution in [2.24, 2.45) is 0 Å². The third-order valence-corrected chi connectivity index (χ3v) is 3.19. The van der Waals surface area contributed by atoms with Crippen molar-refractivity contribution in [3.05, 3.63) is 29.5 Å². The van der Waals surface area contributed by atoms with E-state index in [0.29, 0.717) is 29.9 Å². The van der Waals surface area contributed by atoms with Gasteiger partial charge in [-0.15, -0.1) is 0 Å².